The Bertz CT molecular complexity index is 666. The van der Waals surface area contributed by atoms with E-state index in [2.05, 4.69) is 11.9 Å². The van der Waals surface area contributed by atoms with Gasteiger partial charge in [-0.1, -0.05) is 18.2 Å². The fraction of sp³-hybridized carbons (Fsp3) is 0.294. The molecular weight excluding hydrogens is 294 g/mol. The molecule has 114 valence electrons. The minimum absolute atomic E-state index is 0.0730. The molecule has 2 saturated heterocycles. The monoisotopic (exact) mass is 313 g/mol. The summed E-state index contributed by atoms with van der Waals surface area (Å²) in [6, 6.07) is 9.52. The maximum atomic E-state index is 12.7. The summed E-state index contributed by atoms with van der Waals surface area (Å²) in [5, 5.41) is 0.514. The topological polar surface area (TPSA) is 26.8 Å². The summed E-state index contributed by atoms with van der Waals surface area (Å²) in [7, 11) is 3.92. The van der Waals surface area contributed by atoms with Crippen molar-refractivity contribution in [2.75, 3.05) is 25.5 Å². The highest BCUT2D eigenvalue weighted by atomic mass is 32.1. The van der Waals surface area contributed by atoms with Crippen molar-refractivity contribution >= 4 is 28.9 Å². The molecule has 5 heteroatoms. The third-order valence-electron chi connectivity index (χ3n) is 4.13. The number of nitrogens with zero attached hydrogens (tertiary/aromatic N) is 3. The standard InChI is InChI=1S/C17H19N3OS/c1-18-12-6-9-13(18)10-11-15-16(21)20(17(22)19(15)2)14-7-4-3-5-8-14/h3-5,7-8,10-11H,6,9,12H2,1-2H3/b13-10-,15-11-. The first kappa shape index (κ1) is 14.8. The third kappa shape index (κ3) is 2.52. The van der Waals surface area contributed by atoms with Crippen LogP contribution in [0.5, 0.6) is 0 Å². The second-order valence-electron chi connectivity index (χ2n) is 5.55. The Kier molecular flexibility index (Phi) is 3.98. The average Bonchev–Trinajstić information content (AvgIpc) is 3.01. The molecule has 3 rings (SSSR count). The Balaban J connectivity index is 1.91. The average molecular weight is 313 g/mol. The largest absolute Gasteiger partial charge is 0.378 e. The van der Waals surface area contributed by atoms with E-state index < -0.39 is 0 Å². The third-order valence-corrected chi connectivity index (χ3v) is 4.58. The van der Waals surface area contributed by atoms with E-state index in [0.29, 0.717) is 10.8 Å². The highest BCUT2D eigenvalue weighted by Crippen LogP contribution is 2.27. The maximum absolute atomic E-state index is 12.7. The highest BCUT2D eigenvalue weighted by molar-refractivity contribution is 7.80. The molecule has 0 radical (unpaired) electrons. The fourth-order valence-corrected chi connectivity index (χ4v) is 3.09. The number of likely N-dealkylation sites (N-methyl/N-ethyl adjacent to an activating group) is 1. The van der Waals surface area contributed by atoms with E-state index in [-0.39, 0.29) is 5.91 Å². The van der Waals surface area contributed by atoms with E-state index >= 15 is 0 Å². The van der Waals surface area contributed by atoms with E-state index in [1.54, 1.807) is 9.80 Å². The number of amides is 1. The fourth-order valence-electron chi connectivity index (χ4n) is 2.80. The summed E-state index contributed by atoms with van der Waals surface area (Å²) < 4.78 is 0. The van der Waals surface area contributed by atoms with E-state index in [9.17, 15) is 4.79 Å². The lowest BCUT2D eigenvalue weighted by molar-refractivity contribution is -0.114. The van der Waals surface area contributed by atoms with Crippen molar-refractivity contribution in [2.24, 2.45) is 0 Å². The van der Waals surface area contributed by atoms with Gasteiger partial charge >= 0.3 is 0 Å². The van der Waals surface area contributed by atoms with Gasteiger partial charge in [0, 0.05) is 26.3 Å². The van der Waals surface area contributed by atoms with Gasteiger partial charge in [-0.15, -0.1) is 0 Å². The zero-order valence-corrected chi connectivity index (χ0v) is 13.6. The Hall–Kier alpha value is -2.14. The lowest BCUT2D eigenvalue weighted by Crippen LogP contribution is -2.30. The molecule has 2 heterocycles. The van der Waals surface area contributed by atoms with Gasteiger partial charge < -0.3 is 9.80 Å². The summed E-state index contributed by atoms with van der Waals surface area (Å²) in [6.45, 7) is 1.08. The molecule has 2 fully saturated rings. The Labute approximate surface area is 136 Å². The number of allylic oxidation sites excluding steroid dienone is 3. The number of carbonyl (C=O) groups is 1. The minimum atomic E-state index is -0.0730. The first-order chi connectivity index (χ1) is 10.6. The number of thiocarbonyl (C=S) groups is 1. The number of para-hydroxylation sites is 1. The molecule has 0 spiro atoms. The molecule has 0 saturated carbocycles. The lowest BCUT2D eigenvalue weighted by Gasteiger charge is -2.16. The van der Waals surface area contributed by atoms with Crippen LogP contribution in [-0.4, -0.2) is 41.5 Å². The number of hydrogen-bond donors (Lipinski definition) is 0. The van der Waals surface area contributed by atoms with Gasteiger partial charge in [-0.3, -0.25) is 9.69 Å². The summed E-state index contributed by atoms with van der Waals surface area (Å²) >= 11 is 5.43. The first-order valence-corrected chi connectivity index (χ1v) is 7.79. The number of benzene rings is 1. The summed E-state index contributed by atoms with van der Waals surface area (Å²) in [6.07, 6.45) is 6.15. The molecular formula is C17H19N3OS. The summed E-state index contributed by atoms with van der Waals surface area (Å²) in [5.41, 5.74) is 2.68. The SMILES string of the molecule is CN1CCC/C1=C/C=C1/C(=O)N(c2ccccc2)C(=S)N1C. The van der Waals surface area contributed by atoms with Crippen molar-refractivity contribution in [3.8, 4) is 0 Å². The summed E-state index contributed by atoms with van der Waals surface area (Å²) in [4.78, 5) is 18.3. The Morgan fingerprint density at radius 2 is 1.86 bits per heavy atom. The summed E-state index contributed by atoms with van der Waals surface area (Å²) in [5.74, 6) is -0.0730. The van der Waals surface area contributed by atoms with Crippen molar-refractivity contribution in [1.29, 1.82) is 0 Å². The van der Waals surface area contributed by atoms with E-state index in [0.717, 1.165) is 18.7 Å². The normalized spacial score (nSPS) is 22.5. The van der Waals surface area contributed by atoms with Gasteiger partial charge in [0.05, 0.1) is 5.69 Å². The van der Waals surface area contributed by atoms with Gasteiger partial charge in [-0.2, -0.15) is 0 Å². The van der Waals surface area contributed by atoms with Crippen LogP contribution >= 0.6 is 12.2 Å². The molecule has 0 bridgehead atoms. The second kappa shape index (κ2) is 5.93. The first-order valence-electron chi connectivity index (χ1n) is 7.39. The van der Waals surface area contributed by atoms with E-state index in [1.165, 1.54) is 12.1 Å². The van der Waals surface area contributed by atoms with Gasteiger partial charge in [0.15, 0.2) is 5.11 Å². The van der Waals surface area contributed by atoms with Crippen LogP contribution in [0.4, 0.5) is 5.69 Å². The Morgan fingerprint density at radius 1 is 1.14 bits per heavy atom. The van der Waals surface area contributed by atoms with Crippen LogP contribution in [0.1, 0.15) is 12.8 Å². The van der Waals surface area contributed by atoms with Crippen molar-refractivity contribution in [2.45, 2.75) is 12.8 Å². The Morgan fingerprint density at radius 3 is 2.50 bits per heavy atom. The van der Waals surface area contributed by atoms with Crippen molar-refractivity contribution in [3.63, 3.8) is 0 Å². The quantitative estimate of drug-likeness (QED) is 0.620. The van der Waals surface area contributed by atoms with Crippen LogP contribution in [0, 0.1) is 0 Å². The van der Waals surface area contributed by atoms with Gasteiger partial charge in [0.2, 0.25) is 0 Å². The van der Waals surface area contributed by atoms with Crippen LogP contribution in [-0.2, 0) is 4.79 Å². The van der Waals surface area contributed by atoms with Crippen molar-refractivity contribution in [1.82, 2.24) is 9.80 Å². The number of likely N-dealkylation sites (tertiary alicyclic amines) is 1. The molecule has 1 aromatic rings. The number of carbonyl (C=O) groups excluding carboxylic acids is 1. The van der Waals surface area contributed by atoms with Crippen LogP contribution in [0.3, 0.4) is 0 Å². The molecule has 0 atom stereocenters. The maximum Gasteiger partial charge on any atom is 0.281 e. The number of anilines is 1. The zero-order valence-electron chi connectivity index (χ0n) is 12.8. The minimum Gasteiger partial charge on any atom is -0.378 e. The van der Waals surface area contributed by atoms with Gasteiger partial charge in [0.25, 0.3) is 5.91 Å². The predicted octanol–water partition coefficient (Wildman–Crippen LogP) is 2.74. The van der Waals surface area contributed by atoms with Gasteiger partial charge in [-0.05, 0) is 49.3 Å². The van der Waals surface area contributed by atoms with Crippen molar-refractivity contribution < 1.29 is 4.79 Å². The molecule has 0 aliphatic carbocycles. The van der Waals surface area contributed by atoms with Crippen LogP contribution < -0.4 is 4.90 Å². The smallest absolute Gasteiger partial charge is 0.281 e. The van der Waals surface area contributed by atoms with Crippen molar-refractivity contribution in [3.05, 3.63) is 53.9 Å². The molecule has 2 aliphatic heterocycles. The molecule has 2 aliphatic rings. The molecule has 1 amide bonds. The van der Waals surface area contributed by atoms with Crippen LogP contribution in [0.25, 0.3) is 0 Å². The lowest BCUT2D eigenvalue weighted by atomic mass is 10.2. The van der Waals surface area contributed by atoms with Gasteiger partial charge in [-0.25, -0.2) is 0 Å². The highest BCUT2D eigenvalue weighted by Gasteiger charge is 2.36. The van der Waals surface area contributed by atoms with E-state index in [4.69, 9.17) is 12.2 Å². The number of rotatable bonds is 2. The predicted molar refractivity (Wildman–Crippen MR) is 92.3 cm³/mol. The molecule has 1 aromatic carbocycles. The zero-order chi connectivity index (χ0) is 15.7. The van der Waals surface area contributed by atoms with Crippen LogP contribution in [0.2, 0.25) is 0 Å². The second-order valence-corrected chi connectivity index (χ2v) is 5.92. The molecule has 22 heavy (non-hydrogen) atoms. The van der Waals surface area contributed by atoms with E-state index in [1.807, 2.05) is 49.5 Å². The molecule has 4 nitrogen and oxygen atoms in total. The molecule has 0 unspecified atom stereocenters. The molecule has 0 aromatic heterocycles. The number of hydrogen-bond acceptors (Lipinski definition) is 3. The van der Waals surface area contributed by atoms with Crippen LogP contribution in [0.15, 0.2) is 53.9 Å². The molecule has 0 N–H and O–H groups in total. The van der Waals surface area contributed by atoms with Gasteiger partial charge in [0.1, 0.15) is 5.70 Å².